The van der Waals surface area contributed by atoms with E-state index in [1.807, 2.05) is 7.05 Å². The normalized spacial score (nSPS) is 21.0. The number of piperidine rings is 1. The van der Waals surface area contributed by atoms with Crippen LogP contribution < -0.4 is 5.32 Å². The average Bonchev–Trinajstić information content (AvgIpc) is 2.45. The average molecular weight is 301 g/mol. The standard InChI is InChI=1S/C13H20FN3O2S/c1-15-9-7-11-5-2-3-10-17(11)20(18,19)13-12(14)6-4-8-16-13/h4,6,8,11,15H,2-3,5,7,9-10H2,1H3. The molecule has 1 aliphatic heterocycles. The van der Waals surface area contributed by atoms with Gasteiger partial charge >= 0.3 is 0 Å². The number of nitrogens with zero attached hydrogens (tertiary/aromatic N) is 2. The van der Waals surface area contributed by atoms with Gasteiger partial charge in [-0.1, -0.05) is 6.42 Å². The first-order valence-electron chi connectivity index (χ1n) is 6.84. The van der Waals surface area contributed by atoms with Gasteiger partial charge in [0, 0.05) is 18.8 Å². The zero-order valence-corrected chi connectivity index (χ0v) is 12.4. The predicted molar refractivity (Wildman–Crippen MR) is 74.3 cm³/mol. The van der Waals surface area contributed by atoms with E-state index in [9.17, 15) is 12.8 Å². The summed E-state index contributed by atoms with van der Waals surface area (Å²) < 4.78 is 40.3. The van der Waals surface area contributed by atoms with E-state index in [0.29, 0.717) is 6.54 Å². The SMILES string of the molecule is CNCCC1CCCCN1S(=O)(=O)c1ncccc1F. The molecule has 7 heteroatoms. The van der Waals surface area contributed by atoms with Gasteiger partial charge in [-0.15, -0.1) is 0 Å². The largest absolute Gasteiger partial charge is 0.320 e. The van der Waals surface area contributed by atoms with Crippen LogP contribution in [-0.2, 0) is 10.0 Å². The lowest BCUT2D eigenvalue weighted by molar-refractivity contribution is 0.239. The quantitative estimate of drug-likeness (QED) is 0.892. The van der Waals surface area contributed by atoms with Crippen molar-refractivity contribution in [3.05, 3.63) is 24.1 Å². The Morgan fingerprint density at radius 2 is 2.30 bits per heavy atom. The van der Waals surface area contributed by atoms with E-state index < -0.39 is 20.9 Å². The zero-order valence-electron chi connectivity index (χ0n) is 11.5. The second-order valence-electron chi connectivity index (χ2n) is 4.95. The molecule has 2 heterocycles. The van der Waals surface area contributed by atoms with Gasteiger partial charge in [0.2, 0.25) is 5.03 Å². The molecule has 20 heavy (non-hydrogen) atoms. The van der Waals surface area contributed by atoms with Crippen LogP contribution in [-0.4, -0.2) is 43.9 Å². The van der Waals surface area contributed by atoms with E-state index in [0.717, 1.165) is 38.3 Å². The van der Waals surface area contributed by atoms with Crippen molar-refractivity contribution in [2.24, 2.45) is 0 Å². The highest BCUT2D eigenvalue weighted by Crippen LogP contribution is 2.27. The summed E-state index contributed by atoms with van der Waals surface area (Å²) in [6, 6.07) is 2.44. The minimum absolute atomic E-state index is 0.0809. The molecule has 0 radical (unpaired) electrons. The van der Waals surface area contributed by atoms with E-state index in [1.165, 1.54) is 16.6 Å². The third-order valence-corrected chi connectivity index (χ3v) is 5.47. The maximum absolute atomic E-state index is 13.7. The third-order valence-electron chi connectivity index (χ3n) is 3.58. The Morgan fingerprint density at radius 1 is 1.50 bits per heavy atom. The van der Waals surface area contributed by atoms with Crippen LogP contribution in [0.4, 0.5) is 4.39 Å². The fraction of sp³-hybridized carbons (Fsp3) is 0.615. The minimum Gasteiger partial charge on any atom is -0.320 e. The van der Waals surface area contributed by atoms with Crippen molar-refractivity contribution in [2.75, 3.05) is 20.1 Å². The highest BCUT2D eigenvalue weighted by molar-refractivity contribution is 7.89. The summed E-state index contributed by atoms with van der Waals surface area (Å²) in [5.41, 5.74) is 0. The molecular weight excluding hydrogens is 281 g/mol. The molecule has 1 aromatic rings. The predicted octanol–water partition coefficient (Wildman–Crippen LogP) is 1.37. The zero-order chi connectivity index (χ0) is 14.6. The summed E-state index contributed by atoms with van der Waals surface area (Å²) >= 11 is 0. The molecule has 5 nitrogen and oxygen atoms in total. The maximum atomic E-state index is 13.7. The smallest absolute Gasteiger partial charge is 0.263 e. The van der Waals surface area contributed by atoms with E-state index >= 15 is 0 Å². The Balaban J connectivity index is 2.28. The lowest BCUT2D eigenvalue weighted by atomic mass is 10.0. The molecule has 0 spiro atoms. The summed E-state index contributed by atoms with van der Waals surface area (Å²) in [6.45, 7) is 1.17. The second kappa shape index (κ2) is 6.60. The Kier molecular flexibility index (Phi) is 5.06. The Morgan fingerprint density at radius 3 is 3.00 bits per heavy atom. The number of pyridine rings is 1. The van der Waals surface area contributed by atoms with Crippen molar-refractivity contribution in [3.8, 4) is 0 Å². The van der Waals surface area contributed by atoms with Gasteiger partial charge in [0.15, 0.2) is 5.82 Å². The van der Waals surface area contributed by atoms with Crippen molar-refractivity contribution >= 4 is 10.0 Å². The summed E-state index contributed by atoms with van der Waals surface area (Å²) in [5.74, 6) is -0.787. The molecule has 1 N–H and O–H groups in total. The molecule has 0 aromatic carbocycles. The summed E-state index contributed by atoms with van der Waals surface area (Å²) in [4.78, 5) is 3.72. The van der Waals surface area contributed by atoms with Gasteiger partial charge in [-0.25, -0.2) is 17.8 Å². The van der Waals surface area contributed by atoms with Gasteiger partial charge in [0.25, 0.3) is 10.0 Å². The molecule has 0 amide bonds. The fourth-order valence-corrected chi connectivity index (χ4v) is 4.27. The van der Waals surface area contributed by atoms with Crippen LogP contribution >= 0.6 is 0 Å². The van der Waals surface area contributed by atoms with Gasteiger partial charge in [-0.3, -0.25) is 0 Å². The van der Waals surface area contributed by atoms with Gasteiger partial charge in [-0.2, -0.15) is 4.31 Å². The van der Waals surface area contributed by atoms with Crippen molar-refractivity contribution < 1.29 is 12.8 Å². The second-order valence-corrected chi connectivity index (χ2v) is 6.75. The van der Waals surface area contributed by atoms with E-state index in [-0.39, 0.29) is 6.04 Å². The van der Waals surface area contributed by atoms with Gasteiger partial charge in [0.1, 0.15) is 0 Å². The number of nitrogens with one attached hydrogen (secondary N) is 1. The number of halogens is 1. The summed E-state index contributed by atoms with van der Waals surface area (Å²) in [7, 11) is -2.02. The van der Waals surface area contributed by atoms with E-state index in [1.54, 1.807) is 0 Å². The summed E-state index contributed by atoms with van der Waals surface area (Å²) in [6.07, 6.45) is 4.66. The maximum Gasteiger partial charge on any atom is 0.263 e. The van der Waals surface area contributed by atoms with Crippen molar-refractivity contribution in [1.29, 1.82) is 0 Å². The van der Waals surface area contributed by atoms with Gasteiger partial charge in [0.05, 0.1) is 0 Å². The molecular formula is C13H20FN3O2S. The molecule has 112 valence electrons. The van der Waals surface area contributed by atoms with Crippen LogP contribution in [0.5, 0.6) is 0 Å². The molecule has 1 fully saturated rings. The summed E-state index contributed by atoms with van der Waals surface area (Å²) in [5, 5.41) is 2.57. The highest BCUT2D eigenvalue weighted by atomic mass is 32.2. The van der Waals surface area contributed by atoms with Crippen LogP contribution in [0, 0.1) is 5.82 Å². The molecule has 0 saturated carbocycles. The Labute approximate surface area is 119 Å². The number of aromatic nitrogens is 1. The van der Waals surface area contributed by atoms with E-state index in [4.69, 9.17) is 0 Å². The van der Waals surface area contributed by atoms with E-state index in [2.05, 4.69) is 10.3 Å². The van der Waals surface area contributed by atoms with Crippen molar-refractivity contribution in [2.45, 2.75) is 36.8 Å². The highest BCUT2D eigenvalue weighted by Gasteiger charge is 2.35. The number of sulfonamides is 1. The molecule has 0 bridgehead atoms. The molecule has 1 saturated heterocycles. The van der Waals surface area contributed by atoms with Gasteiger partial charge in [-0.05, 0) is 45.0 Å². The van der Waals surface area contributed by atoms with Crippen molar-refractivity contribution in [1.82, 2.24) is 14.6 Å². The Hall–Kier alpha value is -1.05. The lowest BCUT2D eigenvalue weighted by Gasteiger charge is -2.34. The fourth-order valence-electron chi connectivity index (χ4n) is 2.56. The van der Waals surface area contributed by atoms with Crippen LogP contribution in [0.3, 0.4) is 0 Å². The first-order valence-corrected chi connectivity index (χ1v) is 8.28. The first kappa shape index (κ1) is 15.3. The first-order chi connectivity index (χ1) is 9.57. The van der Waals surface area contributed by atoms with Crippen LogP contribution in [0.25, 0.3) is 0 Å². The number of hydrogen-bond acceptors (Lipinski definition) is 4. The van der Waals surface area contributed by atoms with Gasteiger partial charge < -0.3 is 5.32 Å². The molecule has 0 aliphatic carbocycles. The molecule has 1 aliphatic rings. The van der Waals surface area contributed by atoms with Crippen molar-refractivity contribution in [3.63, 3.8) is 0 Å². The van der Waals surface area contributed by atoms with Crippen LogP contribution in [0.15, 0.2) is 23.4 Å². The minimum atomic E-state index is -3.85. The number of hydrogen-bond donors (Lipinski definition) is 1. The molecule has 2 rings (SSSR count). The molecule has 1 aromatic heterocycles. The Bertz CT molecular complexity index is 550. The number of rotatable bonds is 5. The van der Waals surface area contributed by atoms with Crippen LogP contribution in [0.1, 0.15) is 25.7 Å². The van der Waals surface area contributed by atoms with Crippen LogP contribution in [0.2, 0.25) is 0 Å². The third kappa shape index (κ3) is 3.16. The molecule has 1 atom stereocenters. The lowest BCUT2D eigenvalue weighted by Crippen LogP contribution is -2.45. The topological polar surface area (TPSA) is 62.3 Å². The monoisotopic (exact) mass is 301 g/mol. The molecule has 1 unspecified atom stereocenters.